The number of rotatable bonds is 12. The molecule has 0 rings (SSSR count). The first kappa shape index (κ1) is 20.5. The van der Waals surface area contributed by atoms with E-state index in [2.05, 4.69) is 20.9 Å². The summed E-state index contributed by atoms with van der Waals surface area (Å²) in [6.45, 7) is 8.78. The van der Waals surface area contributed by atoms with Crippen LogP contribution in [-0.2, 0) is 0 Å². The van der Waals surface area contributed by atoms with Crippen LogP contribution in [0.1, 0.15) is 65.2 Å². The number of unbranched alkanes of at least 4 members (excludes halogenated alkanes) is 5. The van der Waals surface area contributed by atoms with E-state index in [0.717, 1.165) is 6.42 Å². The molecule has 1 N–H and O–H groups in total. The lowest BCUT2D eigenvalue weighted by molar-refractivity contribution is -0.910. The number of hydrogen-bond donors (Lipinski definition) is 1. The molecule has 0 aromatic heterocycles. The van der Waals surface area contributed by atoms with E-state index in [-0.39, 0.29) is 12.4 Å². The van der Waals surface area contributed by atoms with Crippen LogP contribution < -0.4 is 12.4 Å². The molecule has 0 fully saturated rings. The van der Waals surface area contributed by atoms with Gasteiger partial charge in [-0.3, -0.25) is 0 Å². The maximum atomic E-state index is 8.88. The Bertz CT molecular complexity index is 138. The molecule has 0 atom stereocenters. The lowest BCUT2D eigenvalue weighted by atomic mass is 10.1. The van der Waals surface area contributed by atoms with Crippen LogP contribution in [-0.4, -0.2) is 42.9 Å². The topological polar surface area (TPSA) is 20.2 Å². The van der Waals surface area contributed by atoms with E-state index in [1.807, 2.05) is 0 Å². The molecule has 0 aliphatic carbocycles. The van der Waals surface area contributed by atoms with Crippen LogP contribution in [0.2, 0.25) is 0 Å². The first-order chi connectivity index (χ1) is 8.18. The summed E-state index contributed by atoms with van der Waals surface area (Å²) in [7, 11) is 2.41. The van der Waals surface area contributed by atoms with E-state index in [4.69, 9.17) is 5.11 Å². The van der Waals surface area contributed by atoms with Gasteiger partial charge in [-0.1, -0.05) is 26.7 Å². The van der Waals surface area contributed by atoms with Gasteiger partial charge in [0.15, 0.2) is 0 Å². The van der Waals surface area contributed by atoms with E-state index in [1.54, 1.807) is 0 Å². The Labute approximate surface area is 121 Å². The van der Waals surface area contributed by atoms with Crippen molar-refractivity contribution in [1.29, 1.82) is 0 Å². The van der Waals surface area contributed by atoms with Crippen molar-refractivity contribution < 1.29 is 22.0 Å². The smallest absolute Gasteiger partial charge is 0.0785 e. The largest absolute Gasteiger partial charge is 1.00 e. The molecule has 18 heavy (non-hydrogen) atoms. The van der Waals surface area contributed by atoms with Crippen LogP contribution in [0.15, 0.2) is 0 Å². The fourth-order valence-corrected chi connectivity index (χ4v) is 2.43. The highest BCUT2D eigenvalue weighted by Crippen LogP contribution is 2.12. The standard InChI is InChI=1S/C15H34NO.ClH/c1-4-6-8-12-16(3,13-9-7-5-2)14-10-11-15-17;/h17H,4-15H2,1-3H3;1H/q+1;/p-1. The van der Waals surface area contributed by atoms with E-state index in [9.17, 15) is 0 Å². The number of nitrogens with zero attached hydrogens (tertiary/aromatic N) is 1. The summed E-state index contributed by atoms with van der Waals surface area (Å²) >= 11 is 0. The zero-order valence-corrected chi connectivity index (χ0v) is 13.5. The fourth-order valence-electron chi connectivity index (χ4n) is 2.43. The Balaban J connectivity index is 0. The summed E-state index contributed by atoms with van der Waals surface area (Å²) in [5.41, 5.74) is 0. The molecule has 0 spiro atoms. The monoisotopic (exact) mass is 279 g/mol. The maximum Gasteiger partial charge on any atom is 0.0785 e. The van der Waals surface area contributed by atoms with Gasteiger partial charge in [0.1, 0.15) is 0 Å². The van der Waals surface area contributed by atoms with Crippen LogP contribution >= 0.6 is 0 Å². The van der Waals surface area contributed by atoms with Crippen LogP contribution in [0, 0.1) is 0 Å². The van der Waals surface area contributed by atoms with E-state index in [0.29, 0.717) is 6.61 Å². The van der Waals surface area contributed by atoms with Gasteiger partial charge < -0.3 is 22.0 Å². The third kappa shape index (κ3) is 11.3. The Hall–Kier alpha value is 0.210. The van der Waals surface area contributed by atoms with Gasteiger partial charge >= 0.3 is 0 Å². The third-order valence-corrected chi connectivity index (χ3v) is 3.71. The van der Waals surface area contributed by atoms with Gasteiger partial charge in [-0.2, -0.15) is 0 Å². The van der Waals surface area contributed by atoms with Crippen LogP contribution in [0.3, 0.4) is 0 Å². The molecule has 0 aromatic rings. The van der Waals surface area contributed by atoms with Gasteiger partial charge in [0.25, 0.3) is 0 Å². The summed E-state index contributed by atoms with van der Waals surface area (Å²) in [4.78, 5) is 0. The zero-order valence-electron chi connectivity index (χ0n) is 12.8. The molecule has 0 unspecified atom stereocenters. The molecular formula is C15H34ClNO. The van der Waals surface area contributed by atoms with Gasteiger partial charge in [-0.25, -0.2) is 0 Å². The van der Waals surface area contributed by atoms with Crippen LogP contribution in [0.4, 0.5) is 0 Å². The molecule has 0 aliphatic rings. The van der Waals surface area contributed by atoms with Gasteiger partial charge in [-0.15, -0.1) is 0 Å². The first-order valence-electron chi connectivity index (χ1n) is 7.63. The average Bonchev–Trinajstić information content (AvgIpc) is 2.30. The van der Waals surface area contributed by atoms with Crippen LogP contribution in [0.5, 0.6) is 0 Å². The normalized spacial score (nSPS) is 11.3. The average molecular weight is 280 g/mol. The number of aliphatic hydroxyl groups excluding tert-OH is 1. The van der Waals surface area contributed by atoms with Crippen LogP contribution in [0.25, 0.3) is 0 Å². The van der Waals surface area contributed by atoms with Crippen molar-refractivity contribution in [3.05, 3.63) is 0 Å². The lowest BCUT2D eigenvalue weighted by Crippen LogP contribution is -3.00. The second-order valence-electron chi connectivity index (χ2n) is 5.64. The highest BCUT2D eigenvalue weighted by atomic mass is 35.5. The number of halogens is 1. The molecule has 0 aromatic carbocycles. The van der Waals surface area contributed by atoms with Gasteiger partial charge in [-0.05, 0) is 38.5 Å². The molecule has 0 heterocycles. The molecule has 0 aliphatic heterocycles. The molecular weight excluding hydrogens is 246 g/mol. The van der Waals surface area contributed by atoms with Crippen molar-refractivity contribution in [2.24, 2.45) is 0 Å². The quantitative estimate of drug-likeness (QED) is 0.410. The Morgan fingerprint density at radius 3 is 1.44 bits per heavy atom. The SMILES string of the molecule is CCCCC[N+](C)(CCCCC)CCCCO.[Cl-]. The predicted molar refractivity (Wildman–Crippen MR) is 76.2 cm³/mol. The third-order valence-electron chi connectivity index (χ3n) is 3.71. The molecule has 0 radical (unpaired) electrons. The number of quaternary nitrogens is 1. The van der Waals surface area contributed by atoms with E-state index < -0.39 is 0 Å². The first-order valence-corrected chi connectivity index (χ1v) is 7.63. The maximum absolute atomic E-state index is 8.88. The van der Waals surface area contributed by atoms with Crippen molar-refractivity contribution in [3.8, 4) is 0 Å². The second kappa shape index (κ2) is 13.6. The zero-order chi connectivity index (χ0) is 13.0. The lowest BCUT2D eigenvalue weighted by Gasteiger charge is -2.35. The van der Waals surface area contributed by atoms with Crippen molar-refractivity contribution in [2.45, 2.75) is 65.2 Å². The summed E-state index contributed by atoms with van der Waals surface area (Å²) in [6, 6.07) is 0. The molecule has 3 heteroatoms. The van der Waals surface area contributed by atoms with Crippen molar-refractivity contribution in [2.75, 3.05) is 33.3 Å². The minimum atomic E-state index is 0. The van der Waals surface area contributed by atoms with Crippen molar-refractivity contribution >= 4 is 0 Å². The molecule has 112 valence electrons. The minimum Gasteiger partial charge on any atom is -1.00 e. The molecule has 0 saturated heterocycles. The van der Waals surface area contributed by atoms with E-state index >= 15 is 0 Å². The van der Waals surface area contributed by atoms with Gasteiger partial charge in [0.2, 0.25) is 0 Å². The Morgan fingerprint density at radius 1 is 0.722 bits per heavy atom. The highest BCUT2D eigenvalue weighted by molar-refractivity contribution is 4.46. The molecule has 0 saturated carbocycles. The Kier molecular flexibility index (Phi) is 15.6. The molecule has 2 nitrogen and oxygen atoms in total. The van der Waals surface area contributed by atoms with Crippen molar-refractivity contribution in [1.82, 2.24) is 0 Å². The molecule has 0 amide bonds. The minimum absolute atomic E-state index is 0. The fraction of sp³-hybridized carbons (Fsp3) is 1.00. The number of hydrogen-bond acceptors (Lipinski definition) is 1. The van der Waals surface area contributed by atoms with E-state index in [1.165, 1.54) is 69.1 Å². The molecule has 0 bridgehead atoms. The summed E-state index contributed by atoms with van der Waals surface area (Å²) in [6.07, 6.45) is 10.2. The highest BCUT2D eigenvalue weighted by Gasteiger charge is 2.19. The number of aliphatic hydroxyl groups is 1. The van der Waals surface area contributed by atoms with Gasteiger partial charge in [0.05, 0.1) is 26.7 Å². The van der Waals surface area contributed by atoms with Gasteiger partial charge in [0, 0.05) is 6.61 Å². The second-order valence-corrected chi connectivity index (χ2v) is 5.64. The summed E-state index contributed by atoms with van der Waals surface area (Å²) in [5, 5.41) is 8.88. The summed E-state index contributed by atoms with van der Waals surface area (Å²) < 4.78 is 1.22. The predicted octanol–water partition coefficient (Wildman–Crippen LogP) is 0.590. The summed E-state index contributed by atoms with van der Waals surface area (Å²) in [5.74, 6) is 0. The van der Waals surface area contributed by atoms with Crippen molar-refractivity contribution in [3.63, 3.8) is 0 Å². The Morgan fingerprint density at radius 2 is 1.11 bits per heavy atom.